The highest BCUT2D eigenvalue weighted by molar-refractivity contribution is 5.45. The first-order valence-electron chi connectivity index (χ1n) is 41.8. The van der Waals surface area contributed by atoms with Crippen molar-refractivity contribution in [2.45, 2.75) is 194 Å². The molecular weight excluding hydrogens is 1390 g/mol. The first-order valence-corrected chi connectivity index (χ1v) is 41.8. The molecule has 0 spiro atoms. The van der Waals surface area contributed by atoms with Crippen molar-refractivity contribution in [3.8, 4) is 0 Å². The van der Waals surface area contributed by atoms with Gasteiger partial charge in [0.25, 0.3) is 0 Å². The number of hydrogen-bond acceptors (Lipinski definition) is 26. The molecule has 15 aliphatic carbocycles. The van der Waals surface area contributed by atoms with Crippen molar-refractivity contribution in [3.05, 3.63) is 0 Å². The summed E-state index contributed by atoms with van der Waals surface area (Å²) < 4.78 is 95.8. The second kappa shape index (κ2) is 28.7. The molecule has 26 nitrogen and oxygen atoms in total. The Morgan fingerprint density at radius 1 is 0.430 bits per heavy atom. The molecule has 17 rings (SSSR count). The molecule has 0 radical (unpaired) electrons. The van der Waals surface area contributed by atoms with E-state index in [4.69, 9.17) is 71.1 Å². The van der Waals surface area contributed by atoms with Crippen LogP contribution in [0.2, 0.25) is 0 Å². The number of rotatable bonds is 44. The fraction of sp³-hybridized carbons (Fsp3) is 1.00. The van der Waals surface area contributed by atoms with Crippen LogP contribution < -0.4 is 0 Å². The van der Waals surface area contributed by atoms with E-state index in [1.165, 1.54) is 0 Å². The zero-order chi connectivity index (χ0) is 74.9. The summed E-state index contributed by atoms with van der Waals surface area (Å²) in [5.74, 6) is -3.37. The summed E-state index contributed by atoms with van der Waals surface area (Å²) in [7, 11) is 1.72. The van der Waals surface area contributed by atoms with Gasteiger partial charge in [-0.25, -0.2) is 0 Å². The highest BCUT2D eigenvalue weighted by atomic mass is 16.6. The van der Waals surface area contributed by atoms with Crippen molar-refractivity contribution in [3.63, 3.8) is 0 Å². The van der Waals surface area contributed by atoms with Crippen molar-refractivity contribution in [2.75, 3.05) is 179 Å². The van der Waals surface area contributed by atoms with E-state index < -0.39 is 116 Å². The van der Waals surface area contributed by atoms with Gasteiger partial charge in [0.2, 0.25) is 0 Å². The van der Waals surface area contributed by atoms with E-state index in [0.717, 1.165) is 38.5 Å². The fourth-order valence-electron chi connectivity index (χ4n) is 31.4. The van der Waals surface area contributed by atoms with E-state index in [1.807, 2.05) is 27.7 Å². The Morgan fingerprint density at radius 3 is 1.52 bits per heavy atom. The largest absolute Gasteiger partial charge is 0.396 e. The number of fused-ring (bicyclic) bond motifs is 5. The lowest BCUT2D eigenvalue weighted by atomic mass is 9.22. The predicted molar refractivity (Wildman–Crippen MR) is 378 cm³/mol. The molecule has 37 atom stereocenters. The summed E-state index contributed by atoms with van der Waals surface area (Å²) in [4.78, 5) is 0. The Bertz CT molecular complexity index is 3140. The maximum absolute atomic E-state index is 13.2. The molecule has 6 bridgehead atoms. The normalized spacial score (nSPS) is 54.6. The third-order valence-electron chi connectivity index (χ3n) is 34.2. The molecule has 17 aliphatic rings. The summed E-state index contributed by atoms with van der Waals surface area (Å²) in [5, 5.41) is 131. The Balaban J connectivity index is 0.510. The fourth-order valence-corrected chi connectivity index (χ4v) is 31.4. The third kappa shape index (κ3) is 10.7. The molecule has 37 unspecified atom stereocenters. The van der Waals surface area contributed by atoms with E-state index in [0.29, 0.717) is 131 Å². The molecule has 2 heterocycles. The molecule has 2 saturated heterocycles. The molecule has 17 fully saturated rings. The monoisotopic (exact) mass is 1520 g/mol. The number of ether oxygens (including phenoxy) is 15. The van der Waals surface area contributed by atoms with Crippen molar-refractivity contribution in [1.29, 1.82) is 0 Å². The minimum absolute atomic E-state index is 0.00192. The van der Waals surface area contributed by atoms with E-state index >= 15 is 0 Å². The zero-order valence-corrected chi connectivity index (χ0v) is 64.3. The maximum atomic E-state index is 13.2. The Labute approximate surface area is 630 Å². The van der Waals surface area contributed by atoms with E-state index in [2.05, 4.69) is 6.92 Å². The van der Waals surface area contributed by atoms with Crippen molar-refractivity contribution in [2.24, 2.45) is 133 Å². The molecule has 0 aromatic carbocycles. The summed E-state index contributed by atoms with van der Waals surface area (Å²) in [6.45, 7) is 18.1. The van der Waals surface area contributed by atoms with Crippen LogP contribution in [0.4, 0.5) is 0 Å². The van der Waals surface area contributed by atoms with Gasteiger partial charge in [0, 0.05) is 125 Å². The third-order valence-corrected chi connectivity index (χ3v) is 34.2. The van der Waals surface area contributed by atoms with Crippen LogP contribution in [0.15, 0.2) is 0 Å². The predicted octanol–water partition coefficient (Wildman–Crippen LogP) is 1.57. The average Bonchev–Trinajstić information content (AvgIpc) is 0.609. The summed E-state index contributed by atoms with van der Waals surface area (Å²) in [6.07, 6.45) is 1.19. The Morgan fingerprint density at radius 2 is 0.935 bits per heavy atom. The molecule has 107 heavy (non-hydrogen) atoms. The van der Waals surface area contributed by atoms with Crippen LogP contribution in [0.25, 0.3) is 0 Å². The second-order valence-electron chi connectivity index (χ2n) is 38.1. The van der Waals surface area contributed by atoms with Crippen molar-refractivity contribution in [1.82, 2.24) is 0 Å². The van der Waals surface area contributed by atoms with Gasteiger partial charge in [-0.3, -0.25) is 0 Å². The number of hydrogen-bond donors (Lipinski definition) is 11. The molecule has 0 aromatic rings. The quantitative estimate of drug-likeness (QED) is 0.0386. The molecule has 15 saturated carbocycles. The zero-order valence-electron chi connectivity index (χ0n) is 64.3. The van der Waals surface area contributed by atoms with Crippen LogP contribution >= 0.6 is 0 Å². The van der Waals surface area contributed by atoms with Gasteiger partial charge in [0.05, 0.1) is 190 Å². The van der Waals surface area contributed by atoms with E-state index in [9.17, 15) is 56.2 Å². The second-order valence-corrected chi connectivity index (χ2v) is 38.1. The SMILES string of the molecule is CCOCCOCCOCC12CC(COCC3C4C(CO)OC5(COCC67CC8(CO)CC(COCC9C%10C(COCC)OC%11(COCC%12%13CC%14(COCCOCC)CC(COC)C(CC%14%12)C(OCCO)C%13O)CC%12(OCC)C9C%10(O)C%11%12)C(CC86)C(O)C7O)CC6(O)C3C4(O)C56)C3CC1C(CC)(C2)C(O)C3O. The minimum atomic E-state index is -1.32. The first kappa shape index (κ1) is 78.5. The van der Waals surface area contributed by atoms with Gasteiger partial charge in [-0.1, -0.05) is 6.92 Å². The lowest BCUT2D eigenvalue weighted by molar-refractivity contribution is -0.537. The molecular formula is C81H130O26. The Hall–Kier alpha value is -1.04. The standard InChI is InChI=1S/C81H130O26/c1-7-73-34-71(39-99-19-17-97-16-14-94-8-2)25-47(49(21-56(71)73)60(85)65(73)87)29-100-30-51-58-53(26-83)106-76(36-78(90)63(51)80(58,91)68(76)78)43-102-41-74-33-70(38-84)23-46(48(20-55(70)74)61(86)66(74)88)28-101-31-52-59-54(32-96-10-4)107-77(37-79(105-11-5)64(52)81(59,92)69(77)79)44-103-42-75-35-72(40-98-18-15-95-9-3)24-45(27-93-6)50(22-57(72)75)62(67(75)89)104-13-12-82/h45-69,82-92H,7-44H2,1-6H3. The lowest BCUT2D eigenvalue weighted by Gasteiger charge is -2.89. The number of aliphatic hydroxyl groups is 11. The average molecular weight is 1520 g/mol. The molecule has 610 valence electrons. The molecule has 0 amide bonds. The van der Waals surface area contributed by atoms with Crippen molar-refractivity contribution < 1.29 is 127 Å². The van der Waals surface area contributed by atoms with Crippen molar-refractivity contribution >= 4 is 0 Å². The minimum Gasteiger partial charge on any atom is -0.396 e. The molecule has 0 aromatic heterocycles. The smallest absolute Gasteiger partial charge is 0.103 e. The lowest BCUT2D eigenvalue weighted by Crippen LogP contribution is -3.01. The van der Waals surface area contributed by atoms with Gasteiger partial charge in [-0.2, -0.15) is 0 Å². The summed E-state index contributed by atoms with van der Waals surface area (Å²) >= 11 is 0. The van der Waals surface area contributed by atoms with Crippen LogP contribution in [0.5, 0.6) is 0 Å². The first-order chi connectivity index (χ1) is 51.6. The molecule has 11 N–H and O–H groups in total. The van der Waals surface area contributed by atoms with Gasteiger partial charge in [-0.05, 0) is 173 Å². The summed E-state index contributed by atoms with van der Waals surface area (Å²) in [5.41, 5.74) is -9.05. The summed E-state index contributed by atoms with van der Waals surface area (Å²) in [6, 6.07) is 0. The van der Waals surface area contributed by atoms with Gasteiger partial charge in [-0.15, -0.1) is 0 Å². The highest BCUT2D eigenvalue weighted by Crippen LogP contribution is 2.86. The van der Waals surface area contributed by atoms with Crippen LogP contribution in [-0.2, 0) is 71.1 Å². The number of aliphatic hydroxyl groups excluding tert-OH is 8. The van der Waals surface area contributed by atoms with Gasteiger partial charge < -0.3 is 127 Å². The number of methoxy groups -OCH3 is 1. The van der Waals surface area contributed by atoms with E-state index in [-0.39, 0.29) is 178 Å². The molecule has 26 heteroatoms. The van der Waals surface area contributed by atoms with Gasteiger partial charge >= 0.3 is 0 Å². The van der Waals surface area contributed by atoms with Crippen LogP contribution in [0, 0.1) is 133 Å². The van der Waals surface area contributed by atoms with Gasteiger partial charge in [0.1, 0.15) is 11.2 Å². The van der Waals surface area contributed by atoms with Crippen LogP contribution in [0.3, 0.4) is 0 Å². The van der Waals surface area contributed by atoms with E-state index in [1.54, 1.807) is 7.11 Å². The Kier molecular flexibility index (Phi) is 21.0. The van der Waals surface area contributed by atoms with Gasteiger partial charge in [0.15, 0.2) is 0 Å². The van der Waals surface area contributed by atoms with Crippen LogP contribution in [0.1, 0.15) is 112 Å². The highest BCUT2D eigenvalue weighted by Gasteiger charge is 2.97. The van der Waals surface area contributed by atoms with Crippen LogP contribution in [-0.4, -0.2) is 317 Å². The maximum Gasteiger partial charge on any atom is 0.103 e. The molecule has 2 aliphatic heterocycles. The topological polar surface area (TPSA) is 361 Å².